The van der Waals surface area contributed by atoms with Gasteiger partial charge in [0.2, 0.25) is 17.5 Å². The number of rotatable bonds is 9. The van der Waals surface area contributed by atoms with Crippen molar-refractivity contribution in [3.05, 3.63) is 40.6 Å². The van der Waals surface area contributed by atoms with Crippen LogP contribution in [-0.4, -0.2) is 162 Å². The minimum absolute atomic E-state index is 0.0538. The molecule has 298 valence electrons. The first kappa shape index (κ1) is 39.8. The third kappa shape index (κ3) is 7.41. The lowest BCUT2D eigenvalue weighted by atomic mass is 9.97. The van der Waals surface area contributed by atoms with E-state index < -0.39 is 127 Å². The number of benzene rings is 2. The summed E-state index contributed by atoms with van der Waals surface area (Å²) in [6.45, 7) is 2.08. The highest BCUT2D eigenvalue weighted by atomic mass is 16.7. The molecule has 1 aromatic heterocycles. The third-order valence-corrected chi connectivity index (χ3v) is 9.57. The smallest absolute Gasteiger partial charge is 0.239 e. The molecule has 2 aromatic carbocycles. The standard InChI is InChI=1S/C34H42O20/c1-10-20(38)24(42)26(44)32(49-10)48-9-18-22(40)30(53-33-27(45)25(43)21(39)11(2)50-33)28(46)34(52-18)54-31-23(41)19-15(37)7-13(35)8-17(19)51-29(31)12-4-5-14(36)16(6-12)47-3/h4-8,10-11,18,20-22,24-28,30,32-40,42-46H,9H2,1-3H3/t10-,11-,18+,20-,21-,22+,24+,25+,26+,27+,28+,30-,32+,33-,34-/m0/s1. The van der Waals surface area contributed by atoms with Gasteiger partial charge in [-0.05, 0) is 32.0 Å². The van der Waals surface area contributed by atoms with Crippen LogP contribution in [0.3, 0.4) is 0 Å². The number of methoxy groups -OCH3 is 1. The Morgan fingerprint density at radius 1 is 0.685 bits per heavy atom. The van der Waals surface area contributed by atoms with E-state index in [1.54, 1.807) is 0 Å². The average molecular weight is 771 g/mol. The van der Waals surface area contributed by atoms with Gasteiger partial charge in [0.25, 0.3) is 0 Å². The fourth-order valence-corrected chi connectivity index (χ4v) is 6.42. The number of phenolic OH excluding ortho intramolecular Hbond substituents is 3. The second-order valence-electron chi connectivity index (χ2n) is 13.3. The fourth-order valence-electron chi connectivity index (χ4n) is 6.42. The zero-order valence-electron chi connectivity index (χ0n) is 28.8. The number of hydrogen-bond acceptors (Lipinski definition) is 20. The van der Waals surface area contributed by atoms with Crippen LogP contribution in [-0.2, 0) is 23.7 Å². The topological polar surface area (TPSA) is 317 Å². The maximum atomic E-state index is 14.1. The molecule has 0 spiro atoms. The molecule has 0 saturated carbocycles. The monoisotopic (exact) mass is 770 g/mol. The normalized spacial score (nSPS) is 37.3. The molecule has 15 atom stereocenters. The zero-order chi connectivity index (χ0) is 39.3. The molecular weight excluding hydrogens is 728 g/mol. The summed E-state index contributed by atoms with van der Waals surface area (Å²) in [5, 5.41) is 116. The van der Waals surface area contributed by atoms with Gasteiger partial charge < -0.3 is 93.7 Å². The predicted octanol–water partition coefficient (Wildman–Crippen LogP) is -2.53. The van der Waals surface area contributed by atoms with E-state index in [1.807, 2.05) is 0 Å². The van der Waals surface area contributed by atoms with Gasteiger partial charge in [-0.25, -0.2) is 0 Å². The molecule has 3 aliphatic heterocycles. The Kier molecular flexibility index (Phi) is 11.6. The average Bonchev–Trinajstić information content (AvgIpc) is 3.13. The first-order valence-electron chi connectivity index (χ1n) is 16.8. The lowest BCUT2D eigenvalue weighted by molar-refractivity contribution is -0.355. The molecule has 3 aromatic rings. The van der Waals surface area contributed by atoms with E-state index in [9.17, 15) is 61.0 Å². The molecular formula is C34H42O20. The Bertz CT molecular complexity index is 1850. The largest absolute Gasteiger partial charge is 0.508 e. The van der Waals surface area contributed by atoms with Gasteiger partial charge in [0.15, 0.2) is 29.8 Å². The predicted molar refractivity (Wildman–Crippen MR) is 176 cm³/mol. The second-order valence-corrected chi connectivity index (χ2v) is 13.3. The SMILES string of the molecule is COc1cc(-c2oc3cc(O)cc(O)c3c(=O)c2O[C@@H]2O[C@H](CO[C@@H]3O[C@@H](C)[C@H](O)[C@@H](O)[C@H]3O)[C@@H](O)[C@H](O[C@@H]3O[C@@H](C)[C@H](O)[C@@H](O)[C@H]3O)[C@H]2O)ccc1O. The molecule has 0 radical (unpaired) electrons. The molecule has 4 heterocycles. The van der Waals surface area contributed by atoms with Gasteiger partial charge in [-0.3, -0.25) is 4.79 Å². The molecule has 6 rings (SSSR count). The lowest BCUT2D eigenvalue weighted by Gasteiger charge is -2.46. The minimum atomic E-state index is -2.06. The van der Waals surface area contributed by atoms with Gasteiger partial charge in [0.05, 0.1) is 25.9 Å². The van der Waals surface area contributed by atoms with E-state index in [-0.39, 0.29) is 28.4 Å². The quantitative estimate of drug-likeness (QED) is 0.107. The molecule has 11 N–H and O–H groups in total. The maximum Gasteiger partial charge on any atom is 0.239 e. The van der Waals surface area contributed by atoms with Gasteiger partial charge in [-0.15, -0.1) is 0 Å². The summed E-state index contributed by atoms with van der Waals surface area (Å²) in [5.41, 5.74) is -1.29. The van der Waals surface area contributed by atoms with Crippen LogP contribution in [0.25, 0.3) is 22.3 Å². The van der Waals surface area contributed by atoms with E-state index in [0.717, 1.165) is 12.1 Å². The first-order valence-corrected chi connectivity index (χ1v) is 16.8. The summed E-state index contributed by atoms with van der Waals surface area (Å²) in [7, 11) is 1.26. The molecule has 3 fully saturated rings. The highest BCUT2D eigenvalue weighted by Gasteiger charge is 2.52. The molecule has 20 heteroatoms. The van der Waals surface area contributed by atoms with Gasteiger partial charge in [-0.2, -0.15) is 0 Å². The number of aliphatic hydroxyl groups excluding tert-OH is 8. The van der Waals surface area contributed by atoms with Crippen LogP contribution in [0.15, 0.2) is 39.5 Å². The van der Waals surface area contributed by atoms with Crippen molar-refractivity contribution in [2.75, 3.05) is 13.7 Å². The van der Waals surface area contributed by atoms with Crippen LogP contribution in [0.1, 0.15) is 13.8 Å². The third-order valence-electron chi connectivity index (χ3n) is 9.57. The van der Waals surface area contributed by atoms with Crippen LogP contribution < -0.4 is 14.9 Å². The Morgan fingerprint density at radius 3 is 1.96 bits per heavy atom. The number of aliphatic hydroxyl groups is 8. The molecule has 20 nitrogen and oxygen atoms in total. The zero-order valence-corrected chi connectivity index (χ0v) is 28.8. The van der Waals surface area contributed by atoms with Crippen molar-refractivity contribution in [1.29, 1.82) is 0 Å². The summed E-state index contributed by atoms with van der Waals surface area (Å²) < 4.78 is 45.3. The van der Waals surface area contributed by atoms with E-state index in [4.69, 9.17) is 37.6 Å². The summed E-state index contributed by atoms with van der Waals surface area (Å²) in [5.74, 6) is -2.59. The Balaban J connectivity index is 1.39. The van der Waals surface area contributed by atoms with Crippen molar-refractivity contribution in [2.45, 2.75) is 106 Å². The van der Waals surface area contributed by atoms with E-state index in [1.165, 1.54) is 39.2 Å². The van der Waals surface area contributed by atoms with Crippen molar-refractivity contribution in [1.82, 2.24) is 0 Å². The maximum absolute atomic E-state index is 14.1. The second kappa shape index (κ2) is 15.7. The number of fused-ring (bicyclic) bond motifs is 1. The summed E-state index contributed by atoms with van der Waals surface area (Å²) >= 11 is 0. The summed E-state index contributed by atoms with van der Waals surface area (Å²) in [6.07, 6.45) is -24.9. The van der Waals surface area contributed by atoms with Gasteiger partial charge in [0, 0.05) is 17.7 Å². The van der Waals surface area contributed by atoms with Crippen LogP contribution >= 0.6 is 0 Å². The van der Waals surface area contributed by atoms with Crippen LogP contribution in [0, 0.1) is 0 Å². The highest BCUT2D eigenvalue weighted by Crippen LogP contribution is 2.40. The van der Waals surface area contributed by atoms with Crippen molar-refractivity contribution in [3.8, 4) is 40.1 Å². The van der Waals surface area contributed by atoms with E-state index in [0.29, 0.717) is 0 Å². The number of aromatic hydroxyl groups is 3. The highest BCUT2D eigenvalue weighted by molar-refractivity contribution is 5.88. The van der Waals surface area contributed by atoms with Crippen LogP contribution in [0.2, 0.25) is 0 Å². The number of ether oxygens (including phenoxy) is 7. The van der Waals surface area contributed by atoms with Crippen molar-refractivity contribution in [2.24, 2.45) is 0 Å². The van der Waals surface area contributed by atoms with Crippen molar-refractivity contribution < 1.29 is 93.7 Å². The molecule has 0 unspecified atom stereocenters. The Hall–Kier alpha value is -3.87. The molecule has 3 aliphatic rings. The molecule has 3 saturated heterocycles. The van der Waals surface area contributed by atoms with Crippen molar-refractivity contribution >= 4 is 11.0 Å². The summed E-state index contributed by atoms with van der Waals surface area (Å²) in [6, 6.07) is 5.70. The van der Waals surface area contributed by atoms with Crippen molar-refractivity contribution in [3.63, 3.8) is 0 Å². The first-order chi connectivity index (χ1) is 25.5. The fraction of sp³-hybridized carbons (Fsp3) is 0.559. The number of hydrogen-bond donors (Lipinski definition) is 11. The van der Waals surface area contributed by atoms with E-state index >= 15 is 0 Å². The molecule has 0 bridgehead atoms. The molecule has 0 amide bonds. The van der Waals surface area contributed by atoms with Crippen LogP contribution in [0.5, 0.6) is 28.7 Å². The van der Waals surface area contributed by atoms with Gasteiger partial charge in [0.1, 0.15) is 83.5 Å². The molecule has 0 aliphatic carbocycles. The lowest BCUT2D eigenvalue weighted by Crippen LogP contribution is -2.65. The van der Waals surface area contributed by atoms with Crippen LogP contribution in [0.4, 0.5) is 0 Å². The Labute approximate surface area is 305 Å². The Morgan fingerprint density at radius 2 is 1.31 bits per heavy atom. The van der Waals surface area contributed by atoms with E-state index in [2.05, 4.69) is 0 Å². The summed E-state index contributed by atoms with van der Waals surface area (Å²) in [4.78, 5) is 14.1. The van der Waals surface area contributed by atoms with Gasteiger partial charge in [-0.1, -0.05) is 0 Å². The number of phenols is 3. The minimum Gasteiger partial charge on any atom is -0.508 e. The molecule has 54 heavy (non-hydrogen) atoms. The van der Waals surface area contributed by atoms with Gasteiger partial charge >= 0.3 is 0 Å².